The van der Waals surface area contributed by atoms with Crippen molar-refractivity contribution < 1.29 is 19.4 Å². The third kappa shape index (κ3) is 11.9. The molecule has 1 N–H and O–H groups in total. The topological polar surface area (TPSA) is 66.8 Å². The molecular formula is C24H48BNO4. The van der Waals surface area contributed by atoms with Crippen LogP contribution in [0.3, 0.4) is 0 Å². The van der Waals surface area contributed by atoms with Gasteiger partial charge in [0, 0.05) is 6.54 Å². The van der Waals surface area contributed by atoms with Crippen LogP contribution in [-0.2, 0) is 9.53 Å². The van der Waals surface area contributed by atoms with E-state index in [0.717, 1.165) is 12.8 Å². The van der Waals surface area contributed by atoms with E-state index in [1.54, 1.807) is 0 Å². The number of nitrogens with zero attached hydrogens (tertiary/aromatic N) is 1. The van der Waals surface area contributed by atoms with Gasteiger partial charge in [-0.3, -0.25) is 4.90 Å². The van der Waals surface area contributed by atoms with Gasteiger partial charge in [0.1, 0.15) is 19.5 Å². The first-order chi connectivity index (χ1) is 13.9. The van der Waals surface area contributed by atoms with Gasteiger partial charge in [-0.1, -0.05) is 85.4 Å². The number of amides is 1. The SMILES string of the molecule is BCCCCCC(CCCCC)C(C)CN(C(=O)OC(C)(C)C)[C@H](C(=O)O)C(C)C. The van der Waals surface area contributed by atoms with E-state index in [1.807, 2.05) is 34.6 Å². The van der Waals surface area contributed by atoms with E-state index >= 15 is 0 Å². The van der Waals surface area contributed by atoms with Crippen LogP contribution in [-0.4, -0.2) is 48.1 Å². The summed E-state index contributed by atoms with van der Waals surface area (Å²) in [5, 5.41) is 9.84. The van der Waals surface area contributed by atoms with Gasteiger partial charge < -0.3 is 9.84 Å². The third-order valence-corrected chi connectivity index (χ3v) is 5.74. The normalized spacial score (nSPS) is 14.9. The third-order valence-electron chi connectivity index (χ3n) is 5.74. The molecule has 0 aromatic heterocycles. The minimum atomic E-state index is -0.964. The Bertz CT molecular complexity index is 490. The standard InChI is InChI=1S/C24H48BNO4/c1-8-9-11-14-20(15-12-10-13-16-25)19(4)17-26(21(18(2)3)22(27)28)23(29)30-24(5,6)7/h18-21H,8-17,25H2,1-7H3,(H,27,28)/t19?,20?,21-/m0/s1. The van der Waals surface area contributed by atoms with Crippen LogP contribution in [0.1, 0.15) is 99.8 Å². The molecule has 0 fully saturated rings. The summed E-state index contributed by atoms with van der Waals surface area (Å²) in [6.45, 7) is 14.0. The van der Waals surface area contributed by atoms with Crippen molar-refractivity contribution in [2.24, 2.45) is 17.8 Å². The van der Waals surface area contributed by atoms with Crippen molar-refractivity contribution in [2.75, 3.05) is 6.54 Å². The lowest BCUT2D eigenvalue weighted by Gasteiger charge is -2.36. The average molecular weight is 425 g/mol. The Morgan fingerprint density at radius 1 is 1.00 bits per heavy atom. The summed E-state index contributed by atoms with van der Waals surface area (Å²) in [5.41, 5.74) is -0.653. The second kappa shape index (κ2) is 14.7. The predicted molar refractivity (Wildman–Crippen MR) is 128 cm³/mol. The van der Waals surface area contributed by atoms with Crippen molar-refractivity contribution in [1.82, 2.24) is 4.90 Å². The molecule has 0 saturated carbocycles. The van der Waals surface area contributed by atoms with E-state index < -0.39 is 23.7 Å². The largest absolute Gasteiger partial charge is 0.480 e. The number of carboxylic acids is 1. The molecular weight excluding hydrogens is 377 g/mol. The highest BCUT2D eigenvalue weighted by Gasteiger charge is 2.36. The summed E-state index contributed by atoms with van der Waals surface area (Å²) in [7, 11) is 2.22. The fraction of sp³-hybridized carbons (Fsp3) is 0.917. The Morgan fingerprint density at radius 2 is 1.57 bits per heavy atom. The van der Waals surface area contributed by atoms with Crippen LogP contribution >= 0.6 is 0 Å². The summed E-state index contributed by atoms with van der Waals surface area (Å²) >= 11 is 0. The fourth-order valence-corrected chi connectivity index (χ4v) is 4.06. The minimum absolute atomic E-state index is 0.190. The second-order valence-corrected chi connectivity index (χ2v) is 10.2. The number of carboxylic acid groups (broad SMARTS) is 1. The average Bonchev–Trinajstić information content (AvgIpc) is 2.61. The first kappa shape index (κ1) is 28.8. The Morgan fingerprint density at radius 3 is 2.00 bits per heavy atom. The van der Waals surface area contributed by atoms with E-state index in [4.69, 9.17) is 4.74 Å². The molecule has 5 nitrogen and oxygen atoms in total. The molecule has 0 radical (unpaired) electrons. The molecule has 6 heteroatoms. The molecule has 30 heavy (non-hydrogen) atoms. The van der Waals surface area contributed by atoms with Gasteiger partial charge in [0.25, 0.3) is 0 Å². The molecule has 1 amide bonds. The summed E-state index contributed by atoms with van der Waals surface area (Å²) in [5.74, 6) is -0.421. The monoisotopic (exact) mass is 425 g/mol. The van der Waals surface area contributed by atoms with E-state index in [9.17, 15) is 14.7 Å². The Kier molecular flexibility index (Phi) is 14.2. The maximum absolute atomic E-state index is 13.0. The van der Waals surface area contributed by atoms with Gasteiger partial charge in [-0.05, 0) is 38.5 Å². The summed E-state index contributed by atoms with van der Waals surface area (Å²) in [6.07, 6.45) is 10.3. The highest BCUT2D eigenvalue weighted by molar-refractivity contribution is 6.08. The molecule has 3 atom stereocenters. The minimum Gasteiger partial charge on any atom is -0.480 e. The highest BCUT2D eigenvalue weighted by Crippen LogP contribution is 2.28. The molecule has 0 aliphatic heterocycles. The molecule has 2 unspecified atom stereocenters. The maximum atomic E-state index is 13.0. The highest BCUT2D eigenvalue weighted by atomic mass is 16.6. The molecule has 0 aliphatic carbocycles. The Balaban J connectivity index is 5.46. The van der Waals surface area contributed by atoms with Gasteiger partial charge in [0.2, 0.25) is 0 Å². The summed E-state index contributed by atoms with van der Waals surface area (Å²) < 4.78 is 5.60. The van der Waals surface area contributed by atoms with Crippen molar-refractivity contribution in [1.29, 1.82) is 0 Å². The number of ether oxygens (including phenoxy) is 1. The van der Waals surface area contributed by atoms with Crippen LogP contribution in [0.4, 0.5) is 4.79 Å². The zero-order chi connectivity index (χ0) is 23.3. The quantitative estimate of drug-likeness (QED) is 0.267. The fourth-order valence-electron chi connectivity index (χ4n) is 4.06. The van der Waals surface area contributed by atoms with Gasteiger partial charge in [-0.2, -0.15) is 0 Å². The smallest absolute Gasteiger partial charge is 0.411 e. The number of aliphatic carboxylic acids is 1. The number of hydrogen-bond acceptors (Lipinski definition) is 3. The van der Waals surface area contributed by atoms with Crippen molar-refractivity contribution in [3.63, 3.8) is 0 Å². The van der Waals surface area contributed by atoms with Gasteiger partial charge in [0.15, 0.2) is 0 Å². The number of unbranched alkanes of at least 4 members (excludes halogenated alkanes) is 4. The van der Waals surface area contributed by atoms with Crippen LogP contribution in [0, 0.1) is 17.8 Å². The van der Waals surface area contributed by atoms with Crippen LogP contribution in [0.2, 0.25) is 6.32 Å². The maximum Gasteiger partial charge on any atom is 0.411 e. The van der Waals surface area contributed by atoms with Gasteiger partial charge >= 0.3 is 12.1 Å². The van der Waals surface area contributed by atoms with Gasteiger partial charge in [-0.15, -0.1) is 0 Å². The van der Waals surface area contributed by atoms with Crippen LogP contribution in [0.25, 0.3) is 0 Å². The van der Waals surface area contributed by atoms with Crippen LogP contribution in [0.15, 0.2) is 0 Å². The van der Waals surface area contributed by atoms with Gasteiger partial charge in [-0.25, -0.2) is 9.59 Å². The molecule has 0 rings (SSSR count). The van der Waals surface area contributed by atoms with E-state index in [0.29, 0.717) is 12.5 Å². The lowest BCUT2D eigenvalue weighted by Crippen LogP contribution is -2.51. The molecule has 0 aromatic rings. The molecule has 0 aromatic carbocycles. The second-order valence-electron chi connectivity index (χ2n) is 10.2. The molecule has 0 heterocycles. The number of carbonyl (C=O) groups excluding carboxylic acids is 1. The van der Waals surface area contributed by atoms with Crippen molar-refractivity contribution in [2.45, 2.75) is 118 Å². The Labute approximate surface area is 186 Å². The van der Waals surface area contributed by atoms with E-state index in [2.05, 4.69) is 21.7 Å². The molecule has 0 aliphatic rings. The van der Waals surface area contributed by atoms with Crippen molar-refractivity contribution >= 4 is 19.9 Å². The molecule has 0 spiro atoms. The summed E-state index contributed by atoms with van der Waals surface area (Å²) in [6, 6.07) is -0.876. The molecule has 0 saturated heterocycles. The number of hydrogen-bond donors (Lipinski definition) is 1. The number of rotatable bonds is 15. The lowest BCUT2D eigenvalue weighted by molar-refractivity contribution is -0.145. The van der Waals surface area contributed by atoms with E-state index in [1.165, 1.54) is 49.7 Å². The van der Waals surface area contributed by atoms with Crippen LogP contribution < -0.4 is 0 Å². The molecule has 0 bridgehead atoms. The first-order valence-electron chi connectivity index (χ1n) is 12.2. The first-order valence-corrected chi connectivity index (χ1v) is 12.2. The Hall–Kier alpha value is -1.20. The van der Waals surface area contributed by atoms with E-state index in [-0.39, 0.29) is 11.8 Å². The molecule has 176 valence electrons. The lowest BCUT2D eigenvalue weighted by atomic mass is 9.83. The van der Waals surface area contributed by atoms with Crippen molar-refractivity contribution in [3.05, 3.63) is 0 Å². The zero-order valence-electron chi connectivity index (χ0n) is 21.0. The van der Waals surface area contributed by atoms with Crippen LogP contribution in [0.5, 0.6) is 0 Å². The predicted octanol–water partition coefficient (Wildman–Crippen LogP) is 5.78. The zero-order valence-corrected chi connectivity index (χ0v) is 21.0. The number of carbonyl (C=O) groups is 2. The van der Waals surface area contributed by atoms with Crippen molar-refractivity contribution in [3.8, 4) is 0 Å². The summed E-state index contributed by atoms with van der Waals surface area (Å²) in [4.78, 5) is 26.5. The van der Waals surface area contributed by atoms with Gasteiger partial charge in [0.05, 0.1) is 0 Å².